The van der Waals surface area contributed by atoms with Crippen LogP contribution >= 0.6 is 0 Å². The molecule has 1 aromatic rings. The Balaban J connectivity index is 1.81. The summed E-state index contributed by atoms with van der Waals surface area (Å²) in [5.74, 6) is 1.38. The molecule has 0 radical (unpaired) electrons. The average Bonchev–Trinajstić information content (AvgIpc) is 2.91. The normalized spacial score (nSPS) is 15.8. The predicted molar refractivity (Wildman–Crippen MR) is 75.0 cm³/mol. The number of esters is 1. The molecule has 0 fully saturated rings. The van der Waals surface area contributed by atoms with Gasteiger partial charge in [0.15, 0.2) is 11.5 Å². The lowest BCUT2D eigenvalue weighted by atomic mass is 10.0. The standard InChI is InChI=1S/C15H21NO4/c1-10(16-11(2)15(17)18-3)4-5-12-6-7-13-14(8-12)20-9-19-13/h6-8,10-11,16H,4-5,9H2,1-3H3. The number of hydrogen-bond donors (Lipinski definition) is 1. The van der Waals surface area contributed by atoms with E-state index in [4.69, 9.17) is 14.2 Å². The van der Waals surface area contributed by atoms with E-state index in [2.05, 4.69) is 12.2 Å². The SMILES string of the molecule is COC(=O)C(C)NC(C)CCc1ccc2c(c1)OCO2. The van der Waals surface area contributed by atoms with Crippen molar-refractivity contribution in [2.45, 2.75) is 38.8 Å². The Hall–Kier alpha value is -1.75. The zero-order chi connectivity index (χ0) is 14.5. The lowest BCUT2D eigenvalue weighted by Crippen LogP contribution is -2.40. The van der Waals surface area contributed by atoms with Gasteiger partial charge >= 0.3 is 5.97 Å². The summed E-state index contributed by atoms with van der Waals surface area (Å²) >= 11 is 0. The van der Waals surface area contributed by atoms with Crippen molar-refractivity contribution in [1.29, 1.82) is 0 Å². The molecule has 1 aliphatic rings. The molecule has 0 spiro atoms. The van der Waals surface area contributed by atoms with E-state index in [0.717, 1.165) is 24.3 Å². The van der Waals surface area contributed by atoms with Gasteiger partial charge in [-0.05, 0) is 44.4 Å². The van der Waals surface area contributed by atoms with Gasteiger partial charge in [-0.1, -0.05) is 6.07 Å². The molecule has 5 heteroatoms. The molecule has 0 aromatic heterocycles. The first-order valence-corrected chi connectivity index (χ1v) is 6.82. The first kappa shape index (κ1) is 14.7. The summed E-state index contributed by atoms with van der Waals surface area (Å²) in [5.41, 5.74) is 1.20. The smallest absolute Gasteiger partial charge is 0.322 e. The van der Waals surface area contributed by atoms with Crippen LogP contribution in [0.5, 0.6) is 11.5 Å². The molecule has 1 N–H and O–H groups in total. The summed E-state index contributed by atoms with van der Waals surface area (Å²) in [6.07, 6.45) is 1.85. The maximum Gasteiger partial charge on any atom is 0.322 e. The highest BCUT2D eigenvalue weighted by atomic mass is 16.7. The highest BCUT2D eigenvalue weighted by molar-refractivity contribution is 5.75. The van der Waals surface area contributed by atoms with Crippen LogP contribution in [-0.4, -0.2) is 32.0 Å². The van der Waals surface area contributed by atoms with E-state index in [9.17, 15) is 4.79 Å². The van der Waals surface area contributed by atoms with Gasteiger partial charge in [-0.15, -0.1) is 0 Å². The lowest BCUT2D eigenvalue weighted by molar-refractivity contribution is -0.142. The van der Waals surface area contributed by atoms with Crippen LogP contribution in [0.4, 0.5) is 0 Å². The zero-order valence-electron chi connectivity index (χ0n) is 12.1. The third kappa shape index (κ3) is 3.63. The molecule has 1 heterocycles. The van der Waals surface area contributed by atoms with Crippen molar-refractivity contribution < 1.29 is 19.0 Å². The molecule has 0 bridgehead atoms. The number of hydrogen-bond acceptors (Lipinski definition) is 5. The summed E-state index contributed by atoms with van der Waals surface area (Å²) < 4.78 is 15.3. The Morgan fingerprint density at radius 2 is 2.10 bits per heavy atom. The molecule has 1 aliphatic heterocycles. The van der Waals surface area contributed by atoms with E-state index in [1.165, 1.54) is 12.7 Å². The number of fused-ring (bicyclic) bond motifs is 1. The highest BCUT2D eigenvalue weighted by Gasteiger charge is 2.16. The minimum atomic E-state index is -0.285. The van der Waals surface area contributed by atoms with Crippen LogP contribution in [0, 0.1) is 0 Å². The largest absolute Gasteiger partial charge is 0.468 e. The van der Waals surface area contributed by atoms with Crippen LogP contribution in [0.25, 0.3) is 0 Å². The lowest BCUT2D eigenvalue weighted by Gasteiger charge is -2.18. The third-order valence-electron chi connectivity index (χ3n) is 3.39. The molecule has 5 nitrogen and oxygen atoms in total. The Bertz CT molecular complexity index is 475. The first-order chi connectivity index (χ1) is 9.60. The van der Waals surface area contributed by atoms with Gasteiger partial charge in [-0.3, -0.25) is 4.79 Å². The van der Waals surface area contributed by atoms with Crippen molar-refractivity contribution in [3.63, 3.8) is 0 Å². The van der Waals surface area contributed by atoms with Gasteiger partial charge in [0.05, 0.1) is 7.11 Å². The van der Waals surface area contributed by atoms with Gasteiger partial charge in [-0.2, -0.15) is 0 Å². The van der Waals surface area contributed by atoms with Crippen molar-refractivity contribution in [2.75, 3.05) is 13.9 Å². The number of aryl methyl sites for hydroxylation is 1. The molecule has 2 rings (SSSR count). The molecule has 2 unspecified atom stereocenters. The number of ether oxygens (including phenoxy) is 3. The average molecular weight is 279 g/mol. The highest BCUT2D eigenvalue weighted by Crippen LogP contribution is 2.32. The number of carbonyl (C=O) groups is 1. The Kier molecular flexibility index (Phi) is 4.84. The summed E-state index contributed by atoms with van der Waals surface area (Å²) in [7, 11) is 1.40. The molecule has 0 aliphatic carbocycles. The summed E-state index contributed by atoms with van der Waals surface area (Å²) in [6.45, 7) is 4.17. The molecule has 110 valence electrons. The molecular weight excluding hydrogens is 258 g/mol. The van der Waals surface area contributed by atoms with E-state index >= 15 is 0 Å². The van der Waals surface area contributed by atoms with E-state index in [-0.39, 0.29) is 18.1 Å². The van der Waals surface area contributed by atoms with Crippen LogP contribution in [-0.2, 0) is 16.0 Å². The van der Waals surface area contributed by atoms with Gasteiger partial charge in [0, 0.05) is 6.04 Å². The molecule has 2 atom stereocenters. The fourth-order valence-electron chi connectivity index (χ4n) is 2.23. The molecule has 0 saturated carbocycles. The second-order valence-corrected chi connectivity index (χ2v) is 5.04. The minimum absolute atomic E-state index is 0.231. The van der Waals surface area contributed by atoms with Crippen LogP contribution < -0.4 is 14.8 Å². The second kappa shape index (κ2) is 6.61. The monoisotopic (exact) mass is 279 g/mol. The number of benzene rings is 1. The number of methoxy groups -OCH3 is 1. The van der Waals surface area contributed by atoms with Crippen LogP contribution in [0.2, 0.25) is 0 Å². The quantitative estimate of drug-likeness (QED) is 0.806. The van der Waals surface area contributed by atoms with Crippen LogP contribution in [0.1, 0.15) is 25.8 Å². The topological polar surface area (TPSA) is 56.8 Å². The van der Waals surface area contributed by atoms with E-state index in [1.54, 1.807) is 0 Å². The summed E-state index contributed by atoms with van der Waals surface area (Å²) in [6, 6.07) is 5.94. The van der Waals surface area contributed by atoms with Gasteiger partial charge in [0.2, 0.25) is 6.79 Å². The van der Waals surface area contributed by atoms with Crippen LogP contribution in [0.3, 0.4) is 0 Å². The van der Waals surface area contributed by atoms with E-state index in [0.29, 0.717) is 6.79 Å². The first-order valence-electron chi connectivity index (χ1n) is 6.82. The second-order valence-electron chi connectivity index (χ2n) is 5.04. The number of rotatable bonds is 6. The van der Waals surface area contributed by atoms with Crippen molar-refractivity contribution >= 4 is 5.97 Å². The van der Waals surface area contributed by atoms with Gasteiger partial charge in [0.1, 0.15) is 6.04 Å². The zero-order valence-corrected chi connectivity index (χ0v) is 12.1. The molecule has 20 heavy (non-hydrogen) atoms. The van der Waals surface area contributed by atoms with Crippen molar-refractivity contribution in [3.05, 3.63) is 23.8 Å². The molecule has 0 saturated heterocycles. The van der Waals surface area contributed by atoms with Crippen molar-refractivity contribution in [3.8, 4) is 11.5 Å². The number of nitrogens with one attached hydrogen (secondary N) is 1. The Labute approximate surface area is 119 Å². The maximum absolute atomic E-state index is 11.3. The van der Waals surface area contributed by atoms with E-state index < -0.39 is 0 Å². The summed E-state index contributed by atoms with van der Waals surface area (Å²) in [5, 5.41) is 3.22. The van der Waals surface area contributed by atoms with E-state index in [1.807, 2.05) is 25.1 Å². The minimum Gasteiger partial charge on any atom is -0.468 e. The summed E-state index contributed by atoms with van der Waals surface area (Å²) in [4.78, 5) is 11.3. The number of carbonyl (C=O) groups excluding carboxylic acids is 1. The van der Waals surface area contributed by atoms with Gasteiger partial charge in [0.25, 0.3) is 0 Å². The van der Waals surface area contributed by atoms with Crippen LogP contribution in [0.15, 0.2) is 18.2 Å². The molecule has 1 aromatic carbocycles. The van der Waals surface area contributed by atoms with Gasteiger partial charge in [-0.25, -0.2) is 0 Å². The molecule has 0 amide bonds. The third-order valence-corrected chi connectivity index (χ3v) is 3.39. The fourth-order valence-corrected chi connectivity index (χ4v) is 2.23. The van der Waals surface area contributed by atoms with Gasteiger partial charge < -0.3 is 19.5 Å². The fraction of sp³-hybridized carbons (Fsp3) is 0.533. The van der Waals surface area contributed by atoms with Crippen molar-refractivity contribution in [2.24, 2.45) is 0 Å². The predicted octanol–water partition coefficient (Wildman–Crippen LogP) is 1.89. The molecular formula is C15H21NO4. The maximum atomic E-state index is 11.3. The Morgan fingerprint density at radius 3 is 2.85 bits per heavy atom. The van der Waals surface area contributed by atoms with Crippen molar-refractivity contribution in [1.82, 2.24) is 5.32 Å². The Morgan fingerprint density at radius 1 is 1.35 bits per heavy atom.